The second-order valence-electron chi connectivity index (χ2n) is 6.58. The van der Waals surface area contributed by atoms with E-state index in [1.165, 1.54) is 0 Å². The average Bonchev–Trinajstić information content (AvgIpc) is 2.15. The van der Waals surface area contributed by atoms with E-state index in [-0.39, 0.29) is 17.1 Å². The van der Waals surface area contributed by atoms with Gasteiger partial charge in [0.25, 0.3) is 0 Å². The van der Waals surface area contributed by atoms with Crippen molar-refractivity contribution >= 4 is 14.1 Å². The van der Waals surface area contributed by atoms with Crippen molar-refractivity contribution in [2.24, 2.45) is 11.8 Å². The molecule has 2 aliphatic carbocycles. The summed E-state index contributed by atoms with van der Waals surface area (Å²) >= 11 is 0. The predicted molar refractivity (Wildman–Crippen MR) is 67.8 cm³/mol. The first-order valence-electron chi connectivity index (χ1n) is 6.11. The number of hydrogen-bond acceptors (Lipinski definition) is 2. The number of ketones is 1. The Hall–Kier alpha value is -0.413. The summed E-state index contributed by atoms with van der Waals surface area (Å²) in [4.78, 5) is 11.7. The van der Waals surface area contributed by atoms with Gasteiger partial charge in [-0.05, 0) is 18.1 Å². The molecule has 16 heavy (non-hydrogen) atoms. The maximum atomic E-state index is 11.7. The summed E-state index contributed by atoms with van der Waals surface area (Å²) in [5.41, 5.74) is 0. The fourth-order valence-corrected chi connectivity index (χ4v) is 3.52. The first-order valence-corrected chi connectivity index (χ1v) is 9.02. The Morgan fingerprint density at radius 3 is 2.31 bits per heavy atom. The van der Waals surface area contributed by atoms with Gasteiger partial charge in [-0.3, -0.25) is 4.79 Å². The molecule has 2 unspecified atom stereocenters. The maximum absolute atomic E-state index is 11.7. The van der Waals surface area contributed by atoms with Crippen molar-refractivity contribution in [3.63, 3.8) is 0 Å². The van der Waals surface area contributed by atoms with Crippen molar-refractivity contribution in [1.29, 1.82) is 0 Å². The van der Waals surface area contributed by atoms with E-state index in [0.717, 1.165) is 0 Å². The summed E-state index contributed by atoms with van der Waals surface area (Å²) in [7, 11) is -1.72. The zero-order chi connectivity index (χ0) is 12.1. The molecule has 0 saturated heterocycles. The molecule has 0 aromatic rings. The van der Waals surface area contributed by atoms with Crippen LogP contribution in [0.5, 0.6) is 0 Å². The van der Waals surface area contributed by atoms with Crippen LogP contribution in [0.4, 0.5) is 0 Å². The number of hydrogen-bond donors (Lipinski definition) is 0. The van der Waals surface area contributed by atoms with Gasteiger partial charge in [-0.15, -0.1) is 0 Å². The van der Waals surface area contributed by atoms with Crippen molar-refractivity contribution in [2.45, 2.75) is 51.4 Å². The summed E-state index contributed by atoms with van der Waals surface area (Å²) in [6.45, 7) is 11.2. The van der Waals surface area contributed by atoms with Crippen LogP contribution in [0, 0.1) is 11.8 Å². The Labute approximate surface area is 99.2 Å². The van der Waals surface area contributed by atoms with Gasteiger partial charge in [-0.25, -0.2) is 0 Å². The third-order valence-corrected chi connectivity index (χ3v) is 8.92. The van der Waals surface area contributed by atoms with Crippen molar-refractivity contribution in [2.75, 3.05) is 0 Å². The van der Waals surface area contributed by atoms with Crippen molar-refractivity contribution in [3.8, 4) is 0 Å². The topological polar surface area (TPSA) is 26.3 Å². The van der Waals surface area contributed by atoms with Crippen LogP contribution in [-0.4, -0.2) is 20.2 Å². The predicted octanol–water partition coefficient (Wildman–Crippen LogP) is 3.15. The first-order chi connectivity index (χ1) is 7.22. The lowest BCUT2D eigenvalue weighted by molar-refractivity contribution is -0.120. The van der Waals surface area contributed by atoms with E-state index in [4.69, 9.17) is 4.43 Å². The average molecular weight is 238 g/mol. The molecule has 0 aromatic carbocycles. The van der Waals surface area contributed by atoms with Gasteiger partial charge in [0, 0.05) is 18.3 Å². The summed E-state index contributed by atoms with van der Waals surface area (Å²) in [5, 5.41) is 0.224. The third kappa shape index (κ3) is 1.80. The second kappa shape index (κ2) is 3.54. The number of Topliss-reactive ketones (excluding diaryl/α,β-unsaturated/α-hetero) is 1. The Morgan fingerprint density at radius 1 is 1.31 bits per heavy atom. The number of carbonyl (C=O) groups excluding carboxylic acids is 1. The molecule has 0 amide bonds. The SMILES string of the molecule is CC(C)(C)[Si](C)(C)O[C@@H]1CC(=O)C2C=CC21. The monoisotopic (exact) mass is 238 g/mol. The van der Waals surface area contributed by atoms with Crippen LogP contribution in [0.1, 0.15) is 27.2 Å². The zero-order valence-corrected chi connectivity index (χ0v) is 11.9. The highest BCUT2D eigenvalue weighted by Gasteiger charge is 2.48. The lowest BCUT2D eigenvalue weighted by Gasteiger charge is -2.40. The summed E-state index contributed by atoms with van der Waals surface area (Å²) in [5.74, 6) is 0.924. The molecule has 0 N–H and O–H groups in total. The minimum atomic E-state index is -1.72. The smallest absolute Gasteiger partial charge is 0.192 e. The van der Waals surface area contributed by atoms with E-state index in [1.807, 2.05) is 6.08 Å². The van der Waals surface area contributed by atoms with Gasteiger partial charge >= 0.3 is 0 Å². The fraction of sp³-hybridized carbons (Fsp3) is 0.769. The van der Waals surface area contributed by atoms with E-state index in [1.54, 1.807) is 0 Å². The summed E-state index contributed by atoms with van der Waals surface area (Å²) in [6.07, 6.45) is 4.95. The Balaban J connectivity index is 2.06. The van der Waals surface area contributed by atoms with Gasteiger partial charge in [0.05, 0.1) is 6.10 Å². The molecule has 3 atom stereocenters. The molecule has 0 heterocycles. The quantitative estimate of drug-likeness (QED) is 0.545. The van der Waals surface area contributed by atoms with E-state index in [2.05, 4.69) is 39.9 Å². The number of allylic oxidation sites excluding steroid dienone is 1. The lowest BCUT2D eigenvalue weighted by atomic mass is 9.84. The molecule has 90 valence electrons. The highest BCUT2D eigenvalue weighted by Crippen LogP contribution is 2.44. The Kier molecular flexibility index (Phi) is 2.67. The molecule has 0 aliphatic heterocycles. The molecule has 3 heteroatoms. The molecule has 2 rings (SSSR count). The van der Waals surface area contributed by atoms with Crippen LogP contribution in [0.2, 0.25) is 18.1 Å². The van der Waals surface area contributed by atoms with Gasteiger partial charge < -0.3 is 4.43 Å². The second-order valence-corrected chi connectivity index (χ2v) is 11.3. The largest absolute Gasteiger partial charge is 0.413 e. The molecule has 1 saturated carbocycles. The lowest BCUT2D eigenvalue weighted by Crippen LogP contribution is -2.45. The maximum Gasteiger partial charge on any atom is 0.192 e. The van der Waals surface area contributed by atoms with Crippen LogP contribution in [0.3, 0.4) is 0 Å². The Bertz CT molecular complexity index is 338. The number of rotatable bonds is 2. The molecule has 0 bridgehead atoms. The van der Waals surface area contributed by atoms with E-state index in [9.17, 15) is 4.79 Å². The van der Waals surface area contributed by atoms with Crippen LogP contribution >= 0.6 is 0 Å². The Morgan fingerprint density at radius 2 is 1.94 bits per heavy atom. The van der Waals surface area contributed by atoms with Gasteiger partial charge in [0.15, 0.2) is 8.32 Å². The van der Waals surface area contributed by atoms with Crippen LogP contribution in [0.25, 0.3) is 0 Å². The van der Waals surface area contributed by atoms with Gasteiger partial charge in [0.1, 0.15) is 5.78 Å². The minimum Gasteiger partial charge on any atom is -0.413 e. The third-order valence-electron chi connectivity index (χ3n) is 4.41. The highest BCUT2D eigenvalue weighted by atomic mass is 28.4. The fourth-order valence-electron chi connectivity index (χ4n) is 2.17. The standard InChI is InChI=1S/C13H22O2Si/c1-13(2,3)16(4,5)15-12-8-11(14)9-6-7-10(9)12/h6-7,9-10,12H,8H2,1-5H3/t9?,10?,12-/m1/s1. The van der Waals surface area contributed by atoms with Crippen LogP contribution < -0.4 is 0 Å². The van der Waals surface area contributed by atoms with Crippen LogP contribution in [-0.2, 0) is 9.22 Å². The molecule has 1 fully saturated rings. The summed E-state index contributed by atoms with van der Waals surface area (Å²) < 4.78 is 6.33. The van der Waals surface area contributed by atoms with E-state index < -0.39 is 8.32 Å². The summed E-state index contributed by atoms with van der Waals surface area (Å²) in [6, 6.07) is 0. The minimum absolute atomic E-state index is 0.156. The van der Waals surface area contributed by atoms with E-state index >= 15 is 0 Å². The molecule has 2 aliphatic rings. The van der Waals surface area contributed by atoms with Gasteiger partial charge in [0.2, 0.25) is 0 Å². The molecular formula is C13H22O2Si. The number of carbonyl (C=O) groups is 1. The van der Waals surface area contributed by atoms with Gasteiger partial charge in [-0.2, -0.15) is 0 Å². The zero-order valence-electron chi connectivity index (χ0n) is 10.9. The highest BCUT2D eigenvalue weighted by molar-refractivity contribution is 6.74. The normalized spacial score (nSPS) is 33.8. The molecule has 0 spiro atoms. The van der Waals surface area contributed by atoms with E-state index in [0.29, 0.717) is 18.1 Å². The molecule has 0 radical (unpaired) electrons. The molecule has 0 aromatic heterocycles. The molecular weight excluding hydrogens is 216 g/mol. The number of fused-ring (bicyclic) bond motifs is 1. The van der Waals surface area contributed by atoms with Crippen molar-refractivity contribution in [3.05, 3.63) is 12.2 Å². The molecule has 2 nitrogen and oxygen atoms in total. The first kappa shape index (κ1) is 12.1. The van der Waals surface area contributed by atoms with Crippen LogP contribution in [0.15, 0.2) is 12.2 Å². The van der Waals surface area contributed by atoms with Crippen molar-refractivity contribution in [1.82, 2.24) is 0 Å². The van der Waals surface area contributed by atoms with Gasteiger partial charge in [-0.1, -0.05) is 32.9 Å². The van der Waals surface area contributed by atoms with Crippen molar-refractivity contribution < 1.29 is 9.22 Å².